The van der Waals surface area contributed by atoms with E-state index in [0.717, 1.165) is 5.56 Å². The number of para-hydroxylation sites is 2. The topological polar surface area (TPSA) is 91.6 Å². The average Bonchev–Trinajstić information content (AvgIpc) is 3.01. The third-order valence-electron chi connectivity index (χ3n) is 4.61. The molecule has 4 rings (SSSR count). The number of carbonyl (C=O) groups is 1. The highest BCUT2D eigenvalue weighted by Gasteiger charge is 2.13. The molecule has 0 saturated carbocycles. The standard InChI is InChI=1S/C21H16ClNO6/c1-12-8-18-14(10-15(12)22)13(9-20(25)28-18)11-27-19(24)6-7-23-16-4-2-3-5-17(16)29-21(23)26/h2-5,8-10H,6-7,11H2,1H3. The van der Waals surface area contributed by atoms with Crippen LogP contribution in [0.3, 0.4) is 0 Å². The molecule has 0 spiro atoms. The maximum Gasteiger partial charge on any atom is 0.419 e. The Morgan fingerprint density at radius 1 is 1.10 bits per heavy atom. The van der Waals surface area contributed by atoms with Crippen LogP contribution in [0.15, 0.2) is 60.9 Å². The molecule has 0 radical (unpaired) electrons. The van der Waals surface area contributed by atoms with Gasteiger partial charge in [0.25, 0.3) is 0 Å². The molecule has 148 valence electrons. The van der Waals surface area contributed by atoms with Crippen LogP contribution in [0.2, 0.25) is 5.02 Å². The van der Waals surface area contributed by atoms with E-state index in [1.165, 1.54) is 10.6 Å². The lowest BCUT2D eigenvalue weighted by atomic mass is 10.1. The smallest absolute Gasteiger partial charge is 0.419 e. The van der Waals surface area contributed by atoms with Gasteiger partial charge < -0.3 is 13.6 Å². The molecule has 4 aromatic rings. The summed E-state index contributed by atoms with van der Waals surface area (Å²) >= 11 is 6.16. The molecule has 0 saturated heterocycles. The lowest BCUT2D eigenvalue weighted by Gasteiger charge is -2.09. The maximum absolute atomic E-state index is 12.2. The molecule has 0 bridgehead atoms. The number of aryl methyl sites for hydroxylation is 2. The molecule has 0 aliphatic heterocycles. The van der Waals surface area contributed by atoms with E-state index in [-0.39, 0.29) is 19.6 Å². The SMILES string of the molecule is Cc1cc2oc(=O)cc(COC(=O)CCn3c(=O)oc4ccccc43)c2cc1Cl. The van der Waals surface area contributed by atoms with Crippen molar-refractivity contribution < 1.29 is 18.4 Å². The lowest BCUT2D eigenvalue weighted by Crippen LogP contribution is -2.17. The normalized spacial score (nSPS) is 11.2. The number of fused-ring (bicyclic) bond motifs is 2. The predicted octanol–water partition coefficient (Wildman–Crippen LogP) is 3.80. The number of ether oxygens (including phenoxy) is 1. The first-order chi connectivity index (χ1) is 13.9. The minimum Gasteiger partial charge on any atom is -0.461 e. The fraction of sp³-hybridized carbons (Fsp3) is 0.190. The number of esters is 1. The molecule has 2 aromatic carbocycles. The molecule has 0 fully saturated rings. The monoisotopic (exact) mass is 413 g/mol. The van der Waals surface area contributed by atoms with Crippen molar-refractivity contribution in [2.24, 2.45) is 0 Å². The molecule has 7 nitrogen and oxygen atoms in total. The van der Waals surface area contributed by atoms with Gasteiger partial charge in [0.1, 0.15) is 12.2 Å². The van der Waals surface area contributed by atoms with Crippen LogP contribution >= 0.6 is 11.6 Å². The summed E-state index contributed by atoms with van der Waals surface area (Å²) in [5.74, 6) is -1.04. The van der Waals surface area contributed by atoms with Gasteiger partial charge in [-0.3, -0.25) is 9.36 Å². The van der Waals surface area contributed by atoms with Gasteiger partial charge in [-0.1, -0.05) is 23.7 Å². The van der Waals surface area contributed by atoms with Gasteiger partial charge in [-0.25, -0.2) is 9.59 Å². The van der Waals surface area contributed by atoms with E-state index < -0.39 is 17.4 Å². The number of benzene rings is 2. The number of carbonyl (C=O) groups excluding carboxylic acids is 1. The van der Waals surface area contributed by atoms with Crippen LogP contribution in [0.25, 0.3) is 22.1 Å². The highest BCUT2D eigenvalue weighted by Crippen LogP contribution is 2.25. The zero-order chi connectivity index (χ0) is 20.5. The zero-order valence-corrected chi connectivity index (χ0v) is 16.2. The fourth-order valence-electron chi connectivity index (χ4n) is 3.13. The summed E-state index contributed by atoms with van der Waals surface area (Å²) in [5.41, 5.74) is 2.18. The summed E-state index contributed by atoms with van der Waals surface area (Å²) in [6.45, 7) is 1.81. The van der Waals surface area contributed by atoms with Gasteiger partial charge in [0.05, 0.1) is 11.9 Å². The minimum absolute atomic E-state index is 0.0251. The Hall–Kier alpha value is -3.32. The fourth-order valence-corrected chi connectivity index (χ4v) is 3.29. The third-order valence-corrected chi connectivity index (χ3v) is 5.02. The van der Waals surface area contributed by atoms with Crippen molar-refractivity contribution in [3.63, 3.8) is 0 Å². The molecule has 0 unspecified atom stereocenters. The van der Waals surface area contributed by atoms with Crippen LogP contribution < -0.4 is 11.4 Å². The summed E-state index contributed by atoms with van der Waals surface area (Å²) in [6.07, 6.45) is -0.0251. The molecule has 0 amide bonds. The van der Waals surface area contributed by atoms with Crippen LogP contribution in [0.5, 0.6) is 0 Å². The van der Waals surface area contributed by atoms with Crippen LogP contribution in [0, 0.1) is 6.92 Å². The number of hydrogen-bond donors (Lipinski definition) is 0. The van der Waals surface area contributed by atoms with Gasteiger partial charge >= 0.3 is 17.4 Å². The molecule has 0 N–H and O–H groups in total. The van der Waals surface area contributed by atoms with Gasteiger partial charge in [-0.2, -0.15) is 0 Å². The Balaban J connectivity index is 1.49. The van der Waals surface area contributed by atoms with Gasteiger partial charge in [0.2, 0.25) is 0 Å². The van der Waals surface area contributed by atoms with Crippen molar-refractivity contribution >= 4 is 39.6 Å². The first-order valence-corrected chi connectivity index (χ1v) is 9.27. The van der Waals surface area contributed by atoms with Crippen LogP contribution in [-0.4, -0.2) is 10.5 Å². The summed E-state index contributed by atoms with van der Waals surface area (Å²) in [6, 6.07) is 11.6. The molecule has 2 heterocycles. The molecular formula is C21H16ClNO6. The molecule has 2 aromatic heterocycles. The molecule has 0 aliphatic rings. The maximum atomic E-state index is 12.2. The van der Waals surface area contributed by atoms with E-state index in [1.54, 1.807) is 43.3 Å². The Morgan fingerprint density at radius 3 is 2.72 bits per heavy atom. The quantitative estimate of drug-likeness (QED) is 0.365. The second kappa shape index (κ2) is 7.60. The predicted molar refractivity (Wildman–Crippen MR) is 107 cm³/mol. The second-order valence-corrected chi connectivity index (χ2v) is 6.99. The molecule has 0 aliphatic carbocycles. The van der Waals surface area contributed by atoms with Crippen LogP contribution in [0.1, 0.15) is 17.5 Å². The molecule has 29 heavy (non-hydrogen) atoms. The first kappa shape index (κ1) is 19.0. The summed E-state index contributed by atoms with van der Waals surface area (Å²) in [4.78, 5) is 36.0. The number of hydrogen-bond acceptors (Lipinski definition) is 6. The molecular weight excluding hydrogens is 398 g/mol. The van der Waals surface area contributed by atoms with Crippen molar-refractivity contribution in [3.8, 4) is 0 Å². The van der Waals surface area contributed by atoms with E-state index in [1.807, 2.05) is 0 Å². The van der Waals surface area contributed by atoms with Gasteiger partial charge in [0.15, 0.2) is 5.58 Å². The van der Waals surface area contributed by atoms with E-state index in [2.05, 4.69) is 0 Å². The van der Waals surface area contributed by atoms with Crippen molar-refractivity contribution in [2.45, 2.75) is 26.5 Å². The van der Waals surface area contributed by atoms with E-state index in [4.69, 9.17) is 25.2 Å². The van der Waals surface area contributed by atoms with Crippen molar-refractivity contribution in [2.75, 3.05) is 0 Å². The average molecular weight is 414 g/mol. The van der Waals surface area contributed by atoms with E-state index >= 15 is 0 Å². The minimum atomic E-state index is -0.540. The number of oxazole rings is 1. The Bertz CT molecular complexity index is 1350. The Morgan fingerprint density at radius 2 is 1.90 bits per heavy atom. The Labute approximate surface area is 169 Å². The molecule has 0 atom stereocenters. The summed E-state index contributed by atoms with van der Waals surface area (Å²) in [7, 11) is 0. The van der Waals surface area contributed by atoms with Gasteiger partial charge in [-0.15, -0.1) is 0 Å². The zero-order valence-electron chi connectivity index (χ0n) is 15.4. The largest absolute Gasteiger partial charge is 0.461 e. The first-order valence-electron chi connectivity index (χ1n) is 8.89. The number of halogens is 1. The number of aromatic nitrogens is 1. The summed E-state index contributed by atoms with van der Waals surface area (Å²) in [5, 5.41) is 1.12. The second-order valence-electron chi connectivity index (χ2n) is 6.59. The third kappa shape index (κ3) is 3.82. The van der Waals surface area contributed by atoms with E-state index in [0.29, 0.717) is 32.7 Å². The number of nitrogens with zero attached hydrogens (tertiary/aromatic N) is 1. The number of rotatable bonds is 5. The summed E-state index contributed by atoms with van der Waals surface area (Å²) < 4.78 is 17.0. The van der Waals surface area contributed by atoms with E-state index in [9.17, 15) is 14.4 Å². The highest BCUT2D eigenvalue weighted by atomic mass is 35.5. The lowest BCUT2D eigenvalue weighted by molar-refractivity contribution is -0.145. The Kier molecular flexibility index (Phi) is 4.98. The van der Waals surface area contributed by atoms with Crippen molar-refractivity contribution in [3.05, 3.63) is 79.6 Å². The van der Waals surface area contributed by atoms with Gasteiger partial charge in [-0.05, 0) is 36.8 Å². The van der Waals surface area contributed by atoms with Crippen LogP contribution in [0.4, 0.5) is 0 Å². The van der Waals surface area contributed by atoms with Crippen molar-refractivity contribution in [1.82, 2.24) is 4.57 Å². The van der Waals surface area contributed by atoms with Crippen molar-refractivity contribution in [1.29, 1.82) is 0 Å². The highest BCUT2D eigenvalue weighted by molar-refractivity contribution is 6.32. The van der Waals surface area contributed by atoms with Gasteiger partial charge in [0, 0.05) is 28.6 Å². The molecule has 8 heteroatoms. The van der Waals surface area contributed by atoms with Crippen LogP contribution in [-0.2, 0) is 22.7 Å².